The fraction of sp³-hybridized carbons (Fsp3) is 0.350. The van der Waals surface area contributed by atoms with Gasteiger partial charge in [-0.3, -0.25) is 4.79 Å². The Kier molecular flexibility index (Phi) is 8.39. The van der Waals surface area contributed by atoms with Crippen molar-refractivity contribution in [2.75, 3.05) is 11.9 Å². The van der Waals surface area contributed by atoms with E-state index in [1.807, 2.05) is 54.6 Å². The number of carbonyl (C=O) groups is 1. The van der Waals surface area contributed by atoms with E-state index in [0.29, 0.717) is 19.4 Å². The van der Waals surface area contributed by atoms with Crippen molar-refractivity contribution in [3.05, 3.63) is 65.7 Å². The molecule has 3 nitrogen and oxygen atoms in total. The van der Waals surface area contributed by atoms with Crippen molar-refractivity contribution in [1.82, 2.24) is 0 Å². The Hall–Kier alpha value is -1.81. The van der Waals surface area contributed by atoms with Gasteiger partial charge in [0.1, 0.15) is 12.4 Å². The third-order valence-electron chi connectivity index (χ3n) is 3.58. The molecule has 0 radical (unpaired) electrons. The van der Waals surface area contributed by atoms with Crippen molar-refractivity contribution >= 4 is 21.9 Å². The molecule has 128 valence electrons. The number of alkyl halides is 1. The third kappa shape index (κ3) is 7.18. The predicted molar refractivity (Wildman–Crippen MR) is 99.5 cm³/mol. The molecule has 0 heterocycles. The van der Waals surface area contributed by atoms with Crippen LogP contribution >= 0.6 is 15.9 Å². The molecule has 2 aromatic carbocycles. The molecule has 0 saturated heterocycles. The monoisotopic (exact) mass is 390 g/mol. The lowest BCUT2D eigenvalue weighted by Crippen LogP contribution is -2.06. The van der Waals surface area contributed by atoms with Crippen molar-refractivity contribution in [2.45, 2.75) is 32.3 Å². The van der Waals surface area contributed by atoms with Crippen LogP contribution in [-0.2, 0) is 22.6 Å². The molecule has 0 aliphatic heterocycles. The number of halogens is 1. The number of hydrogen-bond acceptors (Lipinski definition) is 3. The van der Waals surface area contributed by atoms with E-state index >= 15 is 0 Å². The molecule has 0 aromatic heterocycles. The molecular weight excluding hydrogens is 368 g/mol. The second kappa shape index (κ2) is 10.9. The molecule has 0 N–H and O–H groups in total. The van der Waals surface area contributed by atoms with Gasteiger partial charge >= 0.3 is 5.97 Å². The average molecular weight is 391 g/mol. The molecular formula is C20H23BrO3. The van der Waals surface area contributed by atoms with Crippen LogP contribution in [0.4, 0.5) is 0 Å². The zero-order chi connectivity index (χ0) is 17.0. The summed E-state index contributed by atoms with van der Waals surface area (Å²) in [5.74, 6) is 0.703. The van der Waals surface area contributed by atoms with Gasteiger partial charge in [0.15, 0.2) is 0 Å². The molecule has 0 saturated carbocycles. The highest BCUT2D eigenvalue weighted by Crippen LogP contribution is 2.14. The number of aryl methyl sites for hydroxylation is 1. The second-order valence-electron chi connectivity index (χ2n) is 5.53. The van der Waals surface area contributed by atoms with E-state index in [0.717, 1.165) is 41.7 Å². The first-order valence-corrected chi connectivity index (χ1v) is 9.37. The van der Waals surface area contributed by atoms with E-state index in [2.05, 4.69) is 15.9 Å². The Labute approximate surface area is 152 Å². The number of unbranched alkanes of at least 4 members (excludes halogenated alkanes) is 1. The number of esters is 1. The van der Waals surface area contributed by atoms with Gasteiger partial charge in [-0.15, -0.1) is 0 Å². The average Bonchev–Trinajstić information content (AvgIpc) is 2.64. The SMILES string of the molecule is O=C(CCc1ccc(OCCCCBr)cc1)OCc1ccccc1. The minimum atomic E-state index is -0.172. The zero-order valence-corrected chi connectivity index (χ0v) is 15.3. The van der Waals surface area contributed by atoms with Gasteiger partial charge in [0.05, 0.1) is 6.61 Å². The normalized spacial score (nSPS) is 10.4. The van der Waals surface area contributed by atoms with Crippen molar-refractivity contribution in [1.29, 1.82) is 0 Å². The fourth-order valence-corrected chi connectivity index (χ4v) is 2.59. The summed E-state index contributed by atoms with van der Waals surface area (Å²) < 4.78 is 10.9. The standard InChI is InChI=1S/C20H23BrO3/c21-14-4-5-15-23-19-11-8-17(9-12-19)10-13-20(22)24-16-18-6-2-1-3-7-18/h1-3,6-9,11-12H,4-5,10,13-16H2. The molecule has 0 bridgehead atoms. The molecule has 0 aliphatic carbocycles. The molecule has 0 spiro atoms. The van der Waals surface area contributed by atoms with Crippen LogP contribution in [0.5, 0.6) is 5.75 Å². The number of hydrogen-bond donors (Lipinski definition) is 0. The highest BCUT2D eigenvalue weighted by Gasteiger charge is 2.05. The largest absolute Gasteiger partial charge is 0.494 e. The van der Waals surface area contributed by atoms with Gasteiger partial charge in [0.25, 0.3) is 0 Å². The number of benzene rings is 2. The summed E-state index contributed by atoms with van der Waals surface area (Å²) in [6.45, 7) is 1.07. The lowest BCUT2D eigenvalue weighted by Gasteiger charge is -2.07. The first-order valence-electron chi connectivity index (χ1n) is 8.25. The van der Waals surface area contributed by atoms with Gasteiger partial charge in [0, 0.05) is 11.8 Å². The molecule has 4 heteroatoms. The summed E-state index contributed by atoms with van der Waals surface area (Å²) in [6.07, 6.45) is 3.22. The van der Waals surface area contributed by atoms with Crippen LogP contribution in [0.1, 0.15) is 30.4 Å². The molecule has 0 atom stereocenters. The molecule has 0 amide bonds. The maximum absolute atomic E-state index is 11.8. The van der Waals surface area contributed by atoms with E-state index in [9.17, 15) is 4.79 Å². The molecule has 2 aromatic rings. The minimum Gasteiger partial charge on any atom is -0.494 e. The summed E-state index contributed by atoms with van der Waals surface area (Å²) in [7, 11) is 0. The molecule has 2 rings (SSSR count). The van der Waals surface area contributed by atoms with Gasteiger partial charge in [0.2, 0.25) is 0 Å². The molecule has 0 aliphatic rings. The van der Waals surface area contributed by atoms with Gasteiger partial charge in [-0.1, -0.05) is 58.4 Å². The van der Waals surface area contributed by atoms with E-state index in [4.69, 9.17) is 9.47 Å². The highest BCUT2D eigenvalue weighted by molar-refractivity contribution is 9.09. The van der Waals surface area contributed by atoms with Crippen LogP contribution in [0.2, 0.25) is 0 Å². The first-order chi connectivity index (χ1) is 11.8. The lowest BCUT2D eigenvalue weighted by molar-refractivity contribution is -0.144. The third-order valence-corrected chi connectivity index (χ3v) is 4.14. The smallest absolute Gasteiger partial charge is 0.306 e. The van der Waals surface area contributed by atoms with Gasteiger partial charge < -0.3 is 9.47 Å². The summed E-state index contributed by atoms with van der Waals surface area (Å²) in [5.41, 5.74) is 2.12. The molecule has 0 unspecified atom stereocenters. The summed E-state index contributed by atoms with van der Waals surface area (Å²) >= 11 is 3.41. The Morgan fingerprint density at radius 3 is 2.38 bits per heavy atom. The van der Waals surface area contributed by atoms with Crippen LogP contribution in [0, 0.1) is 0 Å². The highest BCUT2D eigenvalue weighted by atomic mass is 79.9. The van der Waals surface area contributed by atoms with Crippen molar-refractivity contribution in [3.63, 3.8) is 0 Å². The quantitative estimate of drug-likeness (QED) is 0.328. The second-order valence-corrected chi connectivity index (χ2v) is 6.33. The van der Waals surface area contributed by atoms with Crippen LogP contribution < -0.4 is 4.74 Å². The maximum Gasteiger partial charge on any atom is 0.306 e. The minimum absolute atomic E-state index is 0.172. The summed E-state index contributed by atoms with van der Waals surface area (Å²) in [6, 6.07) is 17.6. The molecule has 0 fully saturated rings. The number of rotatable bonds is 10. The van der Waals surface area contributed by atoms with Gasteiger partial charge in [-0.25, -0.2) is 0 Å². The van der Waals surface area contributed by atoms with E-state index < -0.39 is 0 Å². The van der Waals surface area contributed by atoms with E-state index in [1.165, 1.54) is 0 Å². The van der Waals surface area contributed by atoms with Crippen molar-refractivity contribution < 1.29 is 14.3 Å². The number of ether oxygens (including phenoxy) is 2. The Balaban J connectivity index is 1.67. The predicted octanol–water partition coefficient (Wildman–Crippen LogP) is 4.92. The van der Waals surface area contributed by atoms with Crippen molar-refractivity contribution in [3.8, 4) is 5.75 Å². The van der Waals surface area contributed by atoms with E-state index in [1.54, 1.807) is 0 Å². The maximum atomic E-state index is 11.8. The van der Waals surface area contributed by atoms with Crippen LogP contribution in [0.3, 0.4) is 0 Å². The van der Waals surface area contributed by atoms with Crippen LogP contribution in [-0.4, -0.2) is 17.9 Å². The number of carbonyl (C=O) groups excluding carboxylic acids is 1. The Morgan fingerprint density at radius 2 is 1.67 bits per heavy atom. The fourth-order valence-electron chi connectivity index (χ4n) is 2.20. The lowest BCUT2D eigenvalue weighted by atomic mass is 10.1. The van der Waals surface area contributed by atoms with E-state index in [-0.39, 0.29) is 5.97 Å². The molecule has 24 heavy (non-hydrogen) atoms. The Bertz CT molecular complexity index is 596. The summed E-state index contributed by atoms with van der Waals surface area (Å²) in [5, 5.41) is 1.01. The van der Waals surface area contributed by atoms with Crippen LogP contribution in [0.15, 0.2) is 54.6 Å². The zero-order valence-electron chi connectivity index (χ0n) is 13.7. The van der Waals surface area contributed by atoms with Crippen molar-refractivity contribution in [2.24, 2.45) is 0 Å². The van der Waals surface area contributed by atoms with Crippen LogP contribution in [0.25, 0.3) is 0 Å². The van der Waals surface area contributed by atoms with Gasteiger partial charge in [-0.05, 0) is 42.5 Å². The summed E-state index contributed by atoms with van der Waals surface area (Å²) in [4.78, 5) is 11.8. The van der Waals surface area contributed by atoms with Gasteiger partial charge in [-0.2, -0.15) is 0 Å². The Morgan fingerprint density at radius 1 is 0.917 bits per heavy atom. The topological polar surface area (TPSA) is 35.5 Å². The first kappa shape index (κ1) is 18.5.